The molecule has 0 aromatic heterocycles. The van der Waals surface area contributed by atoms with Crippen LogP contribution < -0.4 is 0 Å². The first-order valence-electron chi connectivity index (χ1n) is 8.77. The standard InChI is InChI=1S/C20H30O3/c1-2-3-4-5-6-7-8-9-10-11-12-13-14-15-16-17-18-19(23-18)20(21)22/h6-7,11-16,18-19H,2-5,8-10,17H2,1H3,(H,21,22). The van der Waals surface area contributed by atoms with Crippen molar-refractivity contribution in [3.63, 3.8) is 0 Å². The van der Waals surface area contributed by atoms with E-state index in [9.17, 15) is 4.79 Å². The number of hydrogen-bond donors (Lipinski definition) is 1. The Balaban J connectivity index is 1.92. The monoisotopic (exact) mass is 318 g/mol. The van der Waals surface area contributed by atoms with Gasteiger partial charge in [-0.2, -0.15) is 0 Å². The summed E-state index contributed by atoms with van der Waals surface area (Å²) in [5.41, 5.74) is 0. The molecule has 0 amide bonds. The Morgan fingerprint density at radius 3 is 2.22 bits per heavy atom. The van der Waals surface area contributed by atoms with E-state index >= 15 is 0 Å². The molecule has 1 aliphatic heterocycles. The number of carboxylic acids is 1. The lowest BCUT2D eigenvalue weighted by Gasteiger charge is -1.92. The first kappa shape index (κ1) is 19.4. The van der Waals surface area contributed by atoms with Crippen molar-refractivity contribution in [3.8, 4) is 0 Å². The molecule has 0 saturated carbocycles. The van der Waals surface area contributed by atoms with Crippen molar-refractivity contribution in [2.24, 2.45) is 0 Å². The van der Waals surface area contributed by atoms with Crippen molar-refractivity contribution >= 4 is 5.97 Å². The Morgan fingerprint density at radius 1 is 0.913 bits per heavy atom. The smallest absolute Gasteiger partial charge is 0.335 e. The highest BCUT2D eigenvalue weighted by molar-refractivity contribution is 5.75. The molecular formula is C20H30O3. The third-order valence-corrected chi connectivity index (χ3v) is 3.68. The normalized spacial score (nSPS) is 21.3. The third-order valence-electron chi connectivity index (χ3n) is 3.68. The molecule has 2 unspecified atom stereocenters. The Morgan fingerprint density at radius 2 is 1.57 bits per heavy atom. The first-order chi connectivity index (χ1) is 11.3. The lowest BCUT2D eigenvalue weighted by molar-refractivity contribution is -0.138. The van der Waals surface area contributed by atoms with Crippen LogP contribution in [0.5, 0.6) is 0 Å². The van der Waals surface area contributed by atoms with Gasteiger partial charge >= 0.3 is 5.97 Å². The summed E-state index contributed by atoms with van der Waals surface area (Å²) in [7, 11) is 0. The van der Waals surface area contributed by atoms with Gasteiger partial charge in [0.05, 0.1) is 6.10 Å². The molecule has 1 heterocycles. The fourth-order valence-corrected chi connectivity index (χ4v) is 2.24. The lowest BCUT2D eigenvalue weighted by atomic mass is 10.1. The summed E-state index contributed by atoms with van der Waals surface area (Å²) in [5.74, 6) is -0.863. The zero-order chi connectivity index (χ0) is 16.8. The molecule has 1 fully saturated rings. The highest BCUT2D eigenvalue weighted by atomic mass is 16.6. The number of aliphatic carboxylic acids is 1. The van der Waals surface area contributed by atoms with E-state index in [-0.39, 0.29) is 6.10 Å². The van der Waals surface area contributed by atoms with Gasteiger partial charge in [-0.25, -0.2) is 4.79 Å². The van der Waals surface area contributed by atoms with Crippen LogP contribution in [-0.2, 0) is 9.53 Å². The minimum atomic E-state index is -0.863. The molecule has 0 radical (unpaired) electrons. The molecule has 0 aromatic rings. The second-order valence-corrected chi connectivity index (χ2v) is 5.81. The maximum Gasteiger partial charge on any atom is 0.335 e. The maximum atomic E-state index is 10.6. The molecule has 0 aromatic carbocycles. The van der Waals surface area contributed by atoms with Crippen LogP contribution in [0.25, 0.3) is 0 Å². The largest absolute Gasteiger partial charge is 0.479 e. The summed E-state index contributed by atoms with van der Waals surface area (Å²) in [6, 6.07) is 0. The molecule has 1 rings (SSSR count). The van der Waals surface area contributed by atoms with Crippen LogP contribution in [0.1, 0.15) is 58.3 Å². The number of hydrogen-bond acceptors (Lipinski definition) is 2. The highest BCUT2D eigenvalue weighted by Gasteiger charge is 2.43. The van der Waals surface area contributed by atoms with E-state index in [4.69, 9.17) is 9.84 Å². The Kier molecular flexibility index (Phi) is 10.9. The van der Waals surface area contributed by atoms with Gasteiger partial charge in [0.25, 0.3) is 0 Å². The number of ether oxygens (including phenoxy) is 1. The molecule has 2 atom stereocenters. The maximum absolute atomic E-state index is 10.6. The van der Waals surface area contributed by atoms with Gasteiger partial charge in [0.15, 0.2) is 6.10 Å². The summed E-state index contributed by atoms with van der Waals surface area (Å²) in [4.78, 5) is 10.6. The van der Waals surface area contributed by atoms with Gasteiger partial charge in [0.2, 0.25) is 0 Å². The van der Waals surface area contributed by atoms with E-state index < -0.39 is 12.1 Å². The van der Waals surface area contributed by atoms with Gasteiger partial charge in [-0.1, -0.05) is 68.4 Å². The number of carboxylic acid groups (broad SMARTS) is 1. The van der Waals surface area contributed by atoms with E-state index in [1.165, 1.54) is 32.1 Å². The number of carbonyl (C=O) groups is 1. The van der Waals surface area contributed by atoms with Gasteiger partial charge < -0.3 is 9.84 Å². The van der Waals surface area contributed by atoms with Crippen LogP contribution in [-0.4, -0.2) is 23.3 Å². The van der Waals surface area contributed by atoms with Crippen LogP contribution in [0, 0.1) is 0 Å². The second-order valence-electron chi connectivity index (χ2n) is 5.81. The fraction of sp³-hybridized carbons (Fsp3) is 0.550. The first-order valence-corrected chi connectivity index (χ1v) is 8.77. The van der Waals surface area contributed by atoms with E-state index in [0.717, 1.165) is 12.8 Å². The van der Waals surface area contributed by atoms with Crippen LogP contribution in [0.15, 0.2) is 48.6 Å². The number of rotatable bonds is 13. The van der Waals surface area contributed by atoms with Gasteiger partial charge in [-0.15, -0.1) is 0 Å². The van der Waals surface area contributed by atoms with Gasteiger partial charge in [-0.3, -0.25) is 0 Å². The molecule has 0 bridgehead atoms. The zero-order valence-corrected chi connectivity index (χ0v) is 14.2. The van der Waals surface area contributed by atoms with Gasteiger partial charge in [0, 0.05) is 0 Å². The molecule has 1 saturated heterocycles. The lowest BCUT2D eigenvalue weighted by Crippen LogP contribution is -2.07. The van der Waals surface area contributed by atoms with E-state index in [0.29, 0.717) is 6.42 Å². The topological polar surface area (TPSA) is 49.8 Å². The third kappa shape index (κ3) is 10.7. The zero-order valence-electron chi connectivity index (χ0n) is 14.2. The predicted octanol–water partition coefficient (Wildman–Crippen LogP) is 5.20. The van der Waals surface area contributed by atoms with Crippen LogP contribution in [0.2, 0.25) is 0 Å². The molecule has 3 heteroatoms. The summed E-state index contributed by atoms with van der Waals surface area (Å²) in [6.07, 6.45) is 25.2. The molecule has 0 aliphatic carbocycles. The summed E-state index contributed by atoms with van der Waals surface area (Å²) >= 11 is 0. The molecule has 3 nitrogen and oxygen atoms in total. The van der Waals surface area contributed by atoms with Crippen molar-refractivity contribution in [1.29, 1.82) is 0 Å². The van der Waals surface area contributed by atoms with Gasteiger partial charge in [-0.05, 0) is 38.5 Å². The van der Waals surface area contributed by atoms with Crippen molar-refractivity contribution in [2.45, 2.75) is 70.5 Å². The Bertz CT molecular complexity index is 432. The molecule has 128 valence electrons. The number of unbranched alkanes of at least 4 members (excludes halogenated alkanes) is 5. The summed E-state index contributed by atoms with van der Waals surface area (Å²) in [6.45, 7) is 2.23. The SMILES string of the molecule is CCCCCC=CCCCC=CC=CC=CCC1OC1C(=O)O. The fourth-order valence-electron chi connectivity index (χ4n) is 2.24. The van der Waals surface area contributed by atoms with Crippen LogP contribution >= 0.6 is 0 Å². The predicted molar refractivity (Wildman–Crippen MR) is 95.5 cm³/mol. The summed E-state index contributed by atoms with van der Waals surface area (Å²) in [5, 5.41) is 8.67. The molecular weight excluding hydrogens is 288 g/mol. The highest BCUT2D eigenvalue weighted by Crippen LogP contribution is 2.25. The Hall–Kier alpha value is -1.61. The van der Waals surface area contributed by atoms with Crippen molar-refractivity contribution in [2.75, 3.05) is 0 Å². The molecule has 23 heavy (non-hydrogen) atoms. The van der Waals surface area contributed by atoms with E-state index in [2.05, 4.69) is 31.2 Å². The van der Waals surface area contributed by atoms with Crippen molar-refractivity contribution in [1.82, 2.24) is 0 Å². The van der Waals surface area contributed by atoms with Crippen molar-refractivity contribution < 1.29 is 14.6 Å². The second kappa shape index (κ2) is 12.9. The minimum Gasteiger partial charge on any atom is -0.479 e. The molecule has 1 N–H and O–H groups in total. The number of allylic oxidation sites excluding steroid dienone is 7. The van der Waals surface area contributed by atoms with Crippen LogP contribution in [0.4, 0.5) is 0 Å². The van der Waals surface area contributed by atoms with E-state index in [1.807, 2.05) is 24.3 Å². The quantitative estimate of drug-likeness (QED) is 0.220. The molecule has 0 spiro atoms. The minimum absolute atomic E-state index is 0.136. The number of epoxide rings is 1. The average molecular weight is 318 g/mol. The van der Waals surface area contributed by atoms with E-state index in [1.54, 1.807) is 0 Å². The van der Waals surface area contributed by atoms with Gasteiger partial charge in [0.1, 0.15) is 0 Å². The summed E-state index contributed by atoms with van der Waals surface area (Å²) < 4.78 is 5.00. The molecule has 1 aliphatic rings. The van der Waals surface area contributed by atoms with Crippen molar-refractivity contribution in [3.05, 3.63) is 48.6 Å². The average Bonchev–Trinajstić information content (AvgIpc) is 3.31. The Labute approximate surface area is 140 Å². The van der Waals surface area contributed by atoms with Crippen LogP contribution in [0.3, 0.4) is 0 Å².